The second kappa shape index (κ2) is 6.92. The highest BCUT2D eigenvalue weighted by Gasteiger charge is 2.24. The number of anilines is 1. The summed E-state index contributed by atoms with van der Waals surface area (Å²) in [5, 5.41) is 4.95. The molecule has 24 heavy (non-hydrogen) atoms. The van der Waals surface area contributed by atoms with E-state index in [1.165, 1.54) is 0 Å². The lowest BCUT2D eigenvalue weighted by atomic mass is 10.1. The first-order valence-corrected chi connectivity index (χ1v) is 10.0. The predicted molar refractivity (Wildman–Crippen MR) is 94.9 cm³/mol. The van der Waals surface area contributed by atoms with E-state index in [-0.39, 0.29) is 16.2 Å². The van der Waals surface area contributed by atoms with Crippen LogP contribution in [0.4, 0.5) is 5.69 Å². The Bertz CT molecular complexity index is 819. The van der Waals surface area contributed by atoms with Gasteiger partial charge in [-0.25, -0.2) is 8.42 Å². The Hall–Kier alpha value is -1.90. The van der Waals surface area contributed by atoms with Gasteiger partial charge in [-0.3, -0.25) is 9.52 Å². The predicted octanol–water partition coefficient (Wildman–Crippen LogP) is 1.98. The summed E-state index contributed by atoms with van der Waals surface area (Å²) in [7, 11) is -3.61. The van der Waals surface area contributed by atoms with Crippen LogP contribution in [-0.4, -0.2) is 44.9 Å². The Balaban J connectivity index is 1.80. The number of sulfonamides is 1. The molecular formula is C16H19N3O3S2. The smallest absolute Gasteiger partial charge is 0.271 e. The number of amides is 1. The number of carbonyl (C=O) groups is 1. The Morgan fingerprint density at radius 2 is 2.17 bits per heavy atom. The summed E-state index contributed by atoms with van der Waals surface area (Å²) in [6.45, 7) is 4.16. The summed E-state index contributed by atoms with van der Waals surface area (Å²) in [5.41, 5.74) is 0.868. The molecular weight excluding hydrogens is 346 g/mol. The van der Waals surface area contributed by atoms with Crippen molar-refractivity contribution in [1.82, 2.24) is 10.2 Å². The number of carbonyl (C=O) groups excluding carboxylic acids is 1. The van der Waals surface area contributed by atoms with Crippen LogP contribution < -0.4 is 10.0 Å². The maximum absolute atomic E-state index is 12.7. The van der Waals surface area contributed by atoms with Crippen LogP contribution in [0.3, 0.4) is 0 Å². The van der Waals surface area contributed by atoms with Crippen molar-refractivity contribution in [2.45, 2.75) is 17.2 Å². The van der Waals surface area contributed by atoms with Gasteiger partial charge in [0.05, 0.1) is 0 Å². The number of thiophene rings is 1. The van der Waals surface area contributed by atoms with Gasteiger partial charge in [-0.05, 0) is 36.6 Å². The quantitative estimate of drug-likeness (QED) is 0.868. The van der Waals surface area contributed by atoms with Gasteiger partial charge >= 0.3 is 0 Å². The van der Waals surface area contributed by atoms with Crippen LogP contribution in [0.25, 0.3) is 0 Å². The molecule has 1 aliphatic rings. The van der Waals surface area contributed by atoms with E-state index in [9.17, 15) is 13.2 Å². The maximum atomic E-state index is 12.7. The van der Waals surface area contributed by atoms with E-state index in [1.807, 2.05) is 11.8 Å². The third-order valence-corrected chi connectivity index (χ3v) is 6.66. The molecule has 0 spiro atoms. The molecule has 2 N–H and O–H groups in total. The molecule has 1 saturated heterocycles. The molecule has 1 unspecified atom stereocenters. The van der Waals surface area contributed by atoms with E-state index in [0.717, 1.165) is 24.4 Å². The first kappa shape index (κ1) is 16.9. The van der Waals surface area contributed by atoms with Crippen molar-refractivity contribution < 1.29 is 13.2 Å². The summed E-state index contributed by atoms with van der Waals surface area (Å²) in [6, 6.07) is 9.96. The SMILES string of the molecule is CC1CNCCN1C(=O)c1cccc(NS(=O)(=O)c2cccs2)c1. The van der Waals surface area contributed by atoms with Crippen LogP contribution in [0.15, 0.2) is 46.0 Å². The molecule has 2 heterocycles. The molecule has 1 aromatic heterocycles. The summed E-state index contributed by atoms with van der Waals surface area (Å²) in [5.74, 6) is -0.0822. The Kier molecular flexibility index (Phi) is 4.88. The van der Waals surface area contributed by atoms with Gasteiger partial charge in [-0.1, -0.05) is 12.1 Å². The molecule has 1 fully saturated rings. The summed E-state index contributed by atoms with van der Waals surface area (Å²) in [4.78, 5) is 14.5. The Morgan fingerprint density at radius 3 is 2.88 bits per heavy atom. The molecule has 1 atom stereocenters. The molecule has 1 aliphatic heterocycles. The van der Waals surface area contributed by atoms with Crippen LogP contribution in [0, 0.1) is 0 Å². The van der Waals surface area contributed by atoms with Crippen LogP contribution in [0.5, 0.6) is 0 Å². The fourth-order valence-corrected chi connectivity index (χ4v) is 4.69. The number of hydrogen-bond donors (Lipinski definition) is 2. The Morgan fingerprint density at radius 1 is 1.33 bits per heavy atom. The van der Waals surface area contributed by atoms with Crippen LogP contribution in [0.2, 0.25) is 0 Å². The normalized spacial score (nSPS) is 18.4. The van der Waals surface area contributed by atoms with E-state index >= 15 is 0 Å². The van der Waals surface area contributed by atoms with Gasteiger partial charge in [-0.15, -0.1) is 11.3 Å². The highest BCUT2D eigenvalue weighted by atomic mass is 32.2. The fraction of sp³-hybridized carbons (Fsp3) is 0.312. The summed E-state index contributed by atoms with van der Waals surface area (Å²) in [6.07, 6.45) is 0. The first-order valence-electron chi connectivity index (χ1n) is 7.65. The fourth-order valence-electron chi connectivity index (χ4n) is 2.65. The van der Waals surface area contributed by atoms with Gasteiger partial charge in [0.15, 0.2) is 0 Å². The molecule has 2 aromatic rings. The van der Waals surface area contributed by atoms with Crippen molar-refractivity contribution in [1.29, 1.82) is 0 Å². The van der Waals surface area contributed by atoms with Gasteiger partial charge in [0, 0.05) is 36.9 Å². The zero-order chi connectivity index (χ0) is 17.2. The third-order valence-electron chi connectivity index (χ3n) is 3.88. The minimum Gasteiger partial charge on any atom is -0.333 e. The van der Waals surface area contributed by atoms with E-state index in [1.54, 1.807) is 41.8 Å². The second-order valence-electron chi connectivity index (χ2n) is 5.67. The van der Waals surface area contributed by atoms with E-state index in [0.29, 0.717) is 17.8 Å². The molecule has 128 valence electrons. The van der Waals surface area contributed by atoms with E-state index in [4.69, 9.17) is 0 Å². The number of nitrogens with one attached hydrogen (secondary N) is 2. The number of benzene rings is 1. The van der Waals surface area contributed by atoms with Crippen LogP contribution >= 0.6 is 11.3 Å². The number of piperazine rings is 1. The van der Waals surface area contributed by atoms with Gasteiger partial charge in [-0.2, -0.15) is 0 Å². The molecule has 1 aromatic carbocycles. The summed E-state index contributed by atoms with van der Waals surface area (Å²) < 4.78 is 27.4. The van der Waals surface area contributed by atoms with Crippen molar-refractivity contribution in [3.05, 3.63) is 47.3 Å². The van der Waals surface area contributed by atoms with Gasteiger partial charge < -0.3 is 10.2 Å². The molecule has 8 heteroatoms. The lowest BCUT2D eigenvalue weighted by molar-refractivity contribution is 0.0656. The second-order valence-corrected chi connectivity index (χ2v) is 8.53. The average molecular weight is 365 g/mol. The van der Waals surface area contributed by atoms with Crippen LogP contribution in [0.1, 0.15) is 17.3 Å². The number of nitrogens with zero attached hydrogens (tertiary/aromatic N) is 1. The van der Waals surface area contributed by atoms with Gasteiger partial charge in [0.25, 0.3) is 15.9 Å². The first-order chi connectivity index (χ1) is 11.5. The maximum Gasteiger partial charge on any atom is 0.271 e. The van der Waals surface area contributed by atoms with Gasteiger partial charge in [0.2, 0.25) is 0 Å². The molecule has 0 bridgehead atoms. The largest absolute Gasteiger partial charge is 0.333 e. The van der Waals surface area contributed by atoms with Crippen molar-refractivity contribution in [2.75, 3.05) is 24.4 Å². The molecule has 0 saturated carbocycles. The highest BCUT2D eigenvalue weighted by molar-refractivity contribution is 7.94. The topological polar surface area (TPSA) is 78.5 Å². The molecule has 0 radical (unpaired) electrons. The monoisotopic (exact) mass is 365 g/mol. The minimum atomic E-state index is -3.61. The lowest BCUT2D eigenvalue weighted by Crippen LogP contribution is -2.52. The molecule has 0 aliphatic carbocycles. The molecule has 3 rings (SSSR count). The van der Waals surface area contributed by atoms with E-state index < -0.39 is 10.0 Å². The third kappa shape index (κ3) is 3.61. The lowest BCUT2D eigenvalue weighted by Gasteiger charge is -2.34. The molecule has 6 nitrogen and oxygen atoms in total. The van der Waals surface area contributed by atoms with Crippen molar-refractivity contribution in [3.63, 3.8) is 0 Å². The van der Waals surface area contributed by atoms with Crippen molar-refractivity contribution in [3.8, 4) is 0 Å². The number of hydrogen-bond acceptors (Lipinski definition) is 5. The number of rotatable bonds is 4. The highest BCUT2D eigenvalue weighted by Crippen LogP contribution is 2.21. The molecule has 1 amide bonds. The van der Waals surface area contributed by atoms with Crippen molar-refractivity contribution in [2.24, 2.45) is 0 Å². The summed E-state index contributed by atoms with van der Waals surface area (Å²) >= 11 is 1.15. The minimum absolute atomic E-state index is 0.0822. The average Bonchev–Trinajstić information content (AvgIpc) is 3.10. The standard InChI is InChI=1S/C16H19N3O3S2/c1-12-11-17-7-8-19(12)16(20)13-4-2-5-14(10-13)18-24(21,22)15-6-3-9-23-15/h2-6,9-10,12,17-18H,7-8,11H2,1H3. The van der Waals surface area contributed by atoms with Gasteiger partial charge in [0.1, 0.15) is 4.21 Å². The van der Waals surface area contributed by atoms with E-state index in [2.05, 4.69) is 10.0 Å². The van der Waals surface area contributed by atoms with Crippen molar-refractivity contribution >= 4 is 33.0 Å². The zero-order valence-electron chi connectivity index (χ0n) is 13.2. The van der Waals surface area contributed by atoms with Crippen LogP contribution in [-0.2, 0) is 10.0 Å². The Labute approximate surface area is 145 Å². The zero-order valence-corrected chi connectivity index (χ0v) is 14.9.